The van der Waals surface area contributed by atoms with E-state index in [1.807, 2.05) is 6.08 Å². The van der Waals surface area contributed by atoms with E-state index in [1.54, 1.807) is 0 Å². The first-order valence-electron chi connectivity index (χ1n) is 15.5. The van der Waals surface area contributed by atoms with Crippen LogP contribution in [0.15, 0.2) is 43.5 Å². The van der Waals surface area contributed by atoms with Crippen molar-refractivity contribution in [3.8, 4) is 0 Å². The maximum atomic E-state index is 10.4. The molecular weight excluding hydrogens is 522 g/mol. The summed E-state index contributed by atoms with van der Waals surface area (Å²) >= 11 is 0. The summed E-state index contributed by atoms with van der Waals surface area (Å²) in [5.41, 5.74) is 2.74. The molecule has 40 heavy (non-hydrogen) atoms. The minimum absolute atomic E-state index is 0.0371. The second-order valence-corrected chi connectivity index (χ2v) is 12.4. The highest BCUT2D eigenvalue weighted by Gasteiger charge is 2.26. The van der Waals surface area contributed by atoms with E-state index in [-0.39, 0.29) is 13.0 Å². The van der Waals surface area contributed by atoms with Crippen molar-refractivity contribution < 1.29 is 27.0 Å². The van der Waals surface area contributed by atoms with Crippen LogP contribution < -0.4 is 0 Å². The molecule has 1 N–H and O–H groups in total. The van der Waals surface area contributed by atoms with Crippen molar-refractivity contribution in [1.82, 2.24) is 0 Å². The molecule has 0 saturated carbocycles. The molecule has 1 aromatic rings. The minimum atomic E-state index is -3.95. The van der Waals surface area contributed by atoms with E-state index in [1.165, 1.54) is 119 Å². The van der Waals surface area contributed by atoms with E-state index in [0.717, 1.165) is 6.08 Å². The van der Waals surface area contributed by atoms with Crippen molar-refractivity contribution in [2.45, 2.75) is 111 Å². The van der Waals surface area contributed by atoms with Gasteiger partial charge in [0.25, 0.3) is 10.1 Å². The highest BCUT2D eigenvalue weighted by atomic mass is 32.2. The molecule has 0 radical (unpaired) electrons. The number of nitrogens with zero attached hydrogens (tertiary/aromatic N) is 1. The Hall–Kier alpha value is -1.96. The molecule has 0 spiro atoms. The fraction of sp³-hybridized carbons (Fsp3) is 0.667. The van der Waals surface area contributed by atoms with Crippen LogP contribution in [0, 0.1) is 0 Å². The fourth-order valence-electron chi connectivity index (χ4n) is 4.81. The summed E-state index contributed by atoms with van der Waals surface area (Å²) in [4.78, 5) is 10.4. The van der Waals surface area contributed by atoms with Gasteiger partial charge in [-0.1, -0.05) is 103 Å². The Morgan fingerprint density at radius 2 is 1.27 bits per heavy atom. The summed E-state index contributed by atoms with van der Waals surface area (Å²) in [6.07, 6.45) is 19.5. The van der Waals surface area contributed by atoms with E-state index in [0.29, 0.717) is 0 Å². The summed E-state index contributed by atoms with van der Waals surface area (Å²) in [5, 5.41) is 0. The number of carbonyl (C=O) groups is 1. The Morgan fingerprint density at radius 1 is 0.800 bits per heavy atom. The maximum Gasteiger partial charge on any atom is 0.330 e. The average molecular weight is 581 g/mol. The van der Waals surface area contributed by atoms with Gasteiger partial charge in [-0.15, -0.1) is 0 Å². The van der Waals surface area contributed by atoms with Gasteiger partial charge < -0.3 is 9.22 Å². The lowest BCUT2D eigenvalue weighted by molar-refractivity contribution is -0.941. The zero-order valence-corrected chi connectivity index (χ0v) is 26.6. The van der Waals surface area contributed by atoms with E-state index < -0.39 is 21.8 Å². The number of rotatable bonds is 23. The molecule has 0 aromatic heterocycles. The normalized spacial score (nSPS) is 11.4. The second-order valence-electron chi connectivity index (χ2n) is 10.8. The van der Waals surface area contributed by atoms with Gasteiger partial charge in [-0.05, 0) is 50.5 Å². The van der Waals surface area contributed by atoms with Gasteiger partial charge in [0.2, 0.25) is 0 Å². The van der Waals surface area contributed by atoms with Crippen LogP contribution >= 0.6 is 0 Å². The van der Waals surface area contributed by atoms with Crippen molar-refractivity contribution in [1.29, 1.82) is 0 Å². The van der Waals surface area contributed by atoms with Gasteiger partial charge in [-0.3, -0.25) is 4.55 Å². The number of ether oxygens (including phenoxy) is 1. The van der Waals surface area contributed by atoms with Gasteiger partial charge in [0.15, 0.2) is 0 Å². The molecule has 1 rings (SSSR count). The molecule has 0 unspecified atom stereocenters. The maximum absolute atomic E-state index is 10.4. The van der Waals surface area contributed by atoms with Gasteiger partial charge in [0.1, 0.15) is 6.54 Å². The van der Waals surface area contributed by atoms with Gasteiger partial charge in [0.05, 0.1) is 32.0 Å². The Morgan fingerprint density at radius 3 is 1.65 bits per heavy atom. The van der Waals surface area contributed by atoms with Crippen LogP contribution in [0.2, 0.25) is 0 Å². The number of hydrogen-bond donors (Lipinski definition) is 1. The molecule has 0 aliphatic heterocycles. The van der Waals surface area contributed by atoms with Crippen LogP contribution in [0.5, 0.6) is 0 Å². The number of esters is 1. The third kappa shape index (κ3) is 20.9. The van der Waals surface area contributed by atoms with E-state index in [2.05, 4.69) is 62.9 Å². The standard InChI is InChI=1S/C27H48N.C6H10O5S/c1-5-9-12-15-22-28(23-16-13-10-6-2,24-17-14-11-7-3)25-27-20-18-26(8-4)19-21-27;1-2-6(7)11-4-3-5-12(8,9)10/h8,18-21H,4-7,9-17,22-25H2,1-3H3;2H,1,3-5H2,(H,8,9,10)/q+1;. The summed E-state index contributed by atoms with van der Waals surface area (Å²) in [6, 6.07) is 9.16. The van der Waals surface area contributed by atoms with Gasteiger partial charge in [-0.25, -0.2) is 4.79 Å². The quantitative estimate of drug-likeness (QED) is 0.0462. The van der Waals surface area contributed by atoms with Gasteiger partial charge in [0, 0.05) is 11.6 Å². The molecular formula is C33H58NO5S+. The number of quaternary nitrogens is 1. The van der Waals surface area contributed by atoms with Crippen molar-refractivity contribution in [3.05, 3.63) is 54.6 Å². The smallest absolute Gasteiger partial charge is 0.330 e. The minimum Gasteiger partial charge on any atom is -0.463 e. The molecule has 0 aliphatic carbocycles. The zero-order valence-electron chi connectivity index (χ0n) is 25.7. The van der Waals surface area contributed by atoms with E-state index >= 15 is 0 Å². The molecule has 0 aliphatic rings. The first-order chi connectivity index (χ1) is 19.1. The van der Waals surface area contributed by atoms with Crippen LogP contribution in [-0.4, -0.2) is 55.4 Å². The van der Waals surface area contributed by atoms with E-state index in [9.17, 15) is 13.2 Å². The first-order valence-corrected chi connectivity index (χ1v) is 17.1. The predicted molar refractivity (Wildman–Crippen MR) is 170 cm³/mol. The predicted octanol–water partition coefficient (Wildman–Crippen LogP) is 8.38. The number of benzene rings is 1. The topological polar surface area (TPSA) is 80.7 Å². The molecule has 0 atom stereocenters. The second kappa shape index (κ2) is 23.7. The molecule has 0 saturated heterocycles. The lowest BCUT2D eigenvalue weighted by Gasteiger charge is -2.39. The highest BCUT2D eigenvalue weighted by Crippen LogP contribution is 2.22. The summed E-state index contributed by atoms with van der Waals surface area (Å²) < 4.78 is 34.3. The molecule has 7 heteroatoms. The molecule has 6 nitrogen and oxygen atoms in total. The Labute approximate surface area is 246 Å². The Bertz CT molecular complexity index is 865. The van der Waals surface area contributed by atoms with Crippen LogP contribution in [0.25, 0.3) is 6.08 Å². The third-order valence-electron chi connectivity index (χ3n) is 7.15. The summed E-state index contributed by atoms with van der Waals surface area (Å²) in [5.74, 6) is -1.01. The largest absolute Gasteiger partial charge is 0.463 e. The summed E-state index contributed by atoms with van der Waals surface area (Å²) in [6.45, 7) is 19.3. The third-order valence-corrected chi connectivity index (χ3v) is 7.95. The van der Waals surface area contributed by atoms with Crippen LogP contribution in [0.3, 0.4) is 0 Å². The van der Waals surface area contributed by atoms with Gasteiger partial charge in [-0.2, -0.15) is 8.42 Å². The SMILES string of the molecule is C=CC(=O)OCCCS(=O)(=O)O.C=Cc1ccc(C[N+](CCCCCC)(CCCCCC)CCCCCC)cc1. The first kappa shape index (κ1) is 38.0. The molecule has 230 valence electrons. The van der Waals surface area contributed by atoms with Crippen molar-refractivity contribution in [3.63, 3.8) is 0 Å². The average Bonchev–Trinajstić information content (AvgIpc) is 2.94. The van der Waals surface area contributed by atoms with Crippen LogP contribution in [0.4, 0.5) is 0 Å². The van der Waals surface area contributed by atoms with Crippen LogP contribution in [0.1, 0.15) is 115 Å². The van der Waals surface area contributed by atoms with Crippen LogP contribution in [-0.2, 0) is 26.2 Å². The lowest BCUT2D eigenvalue weighted by Crippen LogP contribution is -2.49. The number of unbranched alkanes of at least 4 members (excludes halogenated alkanes) is 9. The van der Waals surface area contributed by atoms with Crippen molar-refractivity contribution in [2.24, 2.45) is 0 Å². The monoisotopic (exact) mass is 580 g/mol. The zero-order chi connectivity index (χ0) is 30.1. The molecule has 0 bridgehead atoms. The van der Waals surface area contributed by atoms with E-state index in [4.69, 9.17) is 4.55 Å². The van der Waals surface area contributed by atoms with Gasteiger partial charge >= 0.3 is 5.97 Å². The van der Waals surface area contributed by atoms with Crippen molar-refractivity contribution in [2.75, 3.05) is 32.0 Å². The number of carbonyl (C=O) groups excluding carboxylic acids is 1. The summed E-state index contributed by atoms with van der Waals surface area (Å²) in [7, 11) is -3.95. The lowest BCUT2D eigenvalue weighted by atomic mass is 10.1. The molecule has 1 aromatic carbocycles. The fourth-order valence-corrected chi connectivity index (χ4v) is 5.30. The molecule has 0 heterocycles. The van der Waals surface area contributed by atoms with Crippen molar-refractivity contribution >= 4 is 22.2 Å². The molecule has 0 fully saturated rings. The highest BCUT2D eigenvalue weighted by molar-refractivity contribution is 7.85. The molecule has 0 amide bonds. The Kier molecular flexibility index (Phi) is 22.6. The Balaban J connectivity index is 0.00000106. The number of hydrogen-bond acceptors (Lipinski definition) is 4.